The van der Waals surface area contributed by atoms with Gasteiger partial charge in [0.25, 0.3) is 5.91 Å². The zero-order valence-electron chi connectivity index (χ0n) is 15.5. The lowest BCUT2D eigenvalue weighted by Crippen LogP contribution is -2.40. The van der Waals surface area contributed by atoms with Gasteiger partial charge in [0.1, 0.15) is 11.4 Å². The van der Waals surface area contributed by atoms with Gasteiger partial charge in [-0.05, 0) is 29.5 Å². The van der Waals surface area contributed by atoms with Gasteiger partial charge in [0.2, 0.25) is 0 Å². The summed E-state index contributed by atoms with van der Waals surface area (Å²) < 4.78 is 13.9. The van der Waals surface area contributed by atoms with Crippen molar-refractivity contribution in [2.75, 3.05) is 0 Å². The zero-order valence-corrected chi connectivity index (χ0v) is 15.5. The maximum atomic E-state index is 13.9. The van der Waals surface area contributed by atoms with Crippen molar-refractivity contribution in [2.24, 2.45) is 0 Å². The summed E-state index contributed by atoms with van der Waals surface area (Å²) in [5.74, 6) is -0.814. The van der Waals surface area contributed by atoms with Crippen LogP contribution >= 0.6 is 0 Å². The largest absolute Gasteiger partial charge is 0.325 e. The molecule has 136 valence electrons. The number of nitrogens with zero attached hydrogens (tertiary/aromatic N) is 1. The van der Waals surface area contributed by atoms with Crippen molar-refractivity contribution >= 4 is 11.9 Å². The van der Waals surface area contributed by atoms with E-state index in [0.717, 1.165) is 10.5 Å². The molecule has 1 fully saturated rings. The second-order valence-corrected chi connectivity index (χ2v) is 7.87. The molecule has 0 saturated carbocycles. The highest BCUT2D eigenvalue weighted by atomic mass is 19.1. The van der Waals surface area contributed by atoms with Crippen LogP contribution in [0.15, 0.2) is 48.5 Å². The molecule has 0 spiro atoms. The van der Waals surface area contributed by atoms with Crippen LogP contribution in [0.5, 0.6) is 0 Å². The van der Waals surface area contributed by atoms with Crippen molar-refractivity contribution in [3.05, 3.63) is 71.0 Å². The Labute approximate surface area is 153 Å². The van der Waals surface area contributed by atoms with Crippen LogP contribution in [0, 0.1) is 5.82 Å². The summed E-state index contributed by atoms with van der Waals surface area (Å²) in [4.78, 5) is 26.4. The Hall–Kier alpha value is -2.69. The van der Waals surface area contributed by atoms with Gasteiger partial charge >= 0.3 is 6.03 Å². The lowest BCUT2D eigenvalue weighted by molar-refractivity contribution is -0.131. The standard InChI is InChI=1S/C21H23FN2O2/c1-20(2,3)15-9-11-16(12-10-15)21(4)18(25)24(19(26)23-21)13-14-7-5-6-8-17(14)22/h5-12H,13H2,1-4H3,(H,23,26). The molecule has 0 bridgehead atoms. The molecule has 2 aromatic rings. The predicted octanol–water partition coefficient (Wildman–Crippen LogP) is 4.09. The first kappa shape index (κ1) is 18.1. The number of halogens is 1. The van der Waals surface area contributed by atoms with Crippen molar-refractivity contribution < 1.29 is 14.0 Å². The molecule has 1 atom stereocenters. The molecule has 0 aliphatic carbocycles. The second kappa shape index (κ2) is 6.24. The van der Waals surface area contributed by atoms with E-state index in [0.29, 0.717) is 11.1 Å². The van der Waals surface area contributed by atoms with E-state index >= 15 is 0 Å². The van der Waals surface area contributed by atoms with E-state index in [1.54, 1.807) is 25.1 Å². The van der Waals surface area contributed by atoms with Gasteiger partial charge in [0, 0.05) is 5.56 Å². The first-order chi connectivity index (χ1) is 12.1. The average molecular weight is 354 g/mol. The van der Waals surface area contributed by atoms with Crippen LogP contribution < -0.4 is 5.32 Å². The highest BCUT2D eigenvalue weighted by Crippen LogP contribution is 2.32. The molecule has 1 saturated heterocycles. The van der Waals surface area contributed by atoms with Gasteiger partial charge in [-0.15, -0.1) is 0 Å². The van der Waals surface area contributed by atoms with E-state index in [9.17, 15) is 14.0 Å². The maximum absolute atomic E-state index is 13.9. The third-order valence-corrected chi connectivity index (χ3v) is 4.89. The minimum Gasteiger partial charge on any atom is -0.319 e. The van der Waals surface area contributed by atoms with Crippen molar-refractivity contribution in [1.29, 1.82) is 0 Å². The summed E-state index contributed by atoms with van der Waals surface area (Å²) in [7, 11) is 0. The molecule has 3 amide bonds. The topological polar surface area (TPSA) is 49.4 Å². The van der Waals surface area contributed by atoms with Gasteiger partial charge in [-0.2, -0.15) is 0 Å². The monoisotopic (exact) mass is 354 g/mol. The summed E-state index contributed by atoms with van der Waals surface area (Å²) >= 11 is 0. The molecule has 1 aliphatic heterocycles. The number of urea groups is 1. The Bertz CT molecular complexity index is 855. The minimum atomic E-state index is -1.15. The third kappa shape index (κ3) is 3.09. The Morgan fingerprint density at radius 3 is 2.23 bits per heavy atom. The van der Waals surface area contributed by atoms with Crippen LogP contribution in [0.4, 0.5) is 9.18 Å². The van der Waals surface area contributed by atoms with E-state index in [-0.39, 0.29) is 17.9 Å². The SMILES string of the molecule is CC(C)(C)c1ccc(C2(C)NC(=O)N(Cc3ccccc3F)C2=O)cc1. The van der Waals surface area contributed by atoms with Gasteiger partial charge in [-0.1, -0.05) is 63.2 Å². The van der Waals surface area contributed by atoms with Crippen LogP contribution in [0.1, 0.15) is 44.4 Å². The normalized spacial score (nSPS) is 20.4. The van der Waals surface area contributed by atoms with E-state index in [2.05, 4.69) is 26.1 Å². The highest BCUT2D eigenvalue weighted by molar-refractivity contribution is 6.07. The summed E-state index contributed by atoms with van der Waals surface area (Å²) in [5, 5.41) is 2.76. The van der Waals surface area contributed by atoms with Crippen LogP contribution in [0.25, 0.3) is 0 Å². The molecular formula is C21H23FN2O2. The third-order valence-electron chi connectivity index (χ3n) is 4.89. The minimum absolute atomic E-state index is 0.000755. The van der Waals surface area contributed by atoms with Crippen LogP contribution in [0.3, 0.4) is 0 Å². The van der Waals surface area contributed by atoms with Crippen molar-refractivity contribution in [1.82, 2.24) is 10.2 Å². The van der Waals surface area contributed by atoms with Crippen molar-refractivity contribution in [3.63, 3.8) is 0 Å². The molecule has 1 N–H and O–H groups in total. The molecular weight excluding hydrogens is 331 g/mol. The average Bonchev–Trinajstić information content (AvgIpc) is 2.80. The fourth-order valence-electron chi connectivity index (χ4n) is 3.14. The first-order valence-electron chi connectivity index (χ1n) is 8.61. The van der Waals surface area contributed by atoms with Crippen molar-refractivity contribution in [3.8, 4) is 0 Å². The molecule has 0 aromatic heterocycles. The molecule has 2 aromatic carbocycles. The van der Waals surface area contributed by atoms with E-state index in [4.69, 9.17) is 0 Å². The Morgan fingerprint density at radius 1 is 1.04 bits per heavy atom. The number of nitrogens with one attached hydrogen (secondary N) is 1. The maximum Gasteiger partial charge on any atom is 0.325 e. The molecule has 26 heavy (non-hydrogen) atoms. The Balaban J connectivity index is 1.88. The number of rotatable bonds is 3. The molecule has 1 aliphatic rings. The molecule has 3 rings (SSSR count). The van der Waals surface area contributed by atoms with Gasteiger partial charge in [-0.3, -0.25) is 9.69 Å². The van der Waals surface area contributed by atoms with Crippen LogP contribution in [0.2, 0.25) is 0 Å². The van der Waals surface area contributed by atoms with Gasteiger partial charge < -0.3 is 5.32 Å². The zero-order chi connectivity index (χ0) is 19.1. The fraction of sp³-hybridized carbons (Fsp3) is 0.333. The summed E-state index contributed by atoms with van der Waals surface area (Å²) in [6.07, 6.45) is 0. The molecule has 1 heterocycles. The predicted molar refractivity (Wildman–Crippen MR) is 98.0 cm³/mol. The molecule has 5 heteroatoms. The highest BCUT2D eigenvalue weighted by Gasteiger charge is 2.49. The fourth-order valence-corrected chi connectivity index (χ4v) is 3.14. The van der Waals surface area contributed by atoms with Crippen molar-refractivity contribution in [2.45, 2.75) is 45.2 Å². The lowest BCUT2D eigenvalue weighted by Gasteiger charge is -2.24. The Kier molecular flexibility index (Phi) is 4.34. The van der Waals surface area contributed by atoms with E-state index in [1.807, 2.05) is 24.3 Å². The van der Waals surface area contributed by atoms with E-state index < -0.39 is 17.4 Å². The lowest BCUT2D eigenvalue weighted by atomic mass is 9.84. The number of benzene rings is 2. The summed E-state index contributed by atoms with van der Waals surface area (Å²) in [6, 6.07) is 13.3. The number of hydrogen-bond donors (Lipinski definition) is 1. The quantitative estimate of drug-likeness (QED) is 0.844. The second-order valence-electron chi connectivity index (χ2n) is 7.87. The number of carbonyl (C=O) groups is 2. The number of carbonyl (C=O) groups excluding carboxylic acids is 2. The van der Waals surface area contributed by atoms with Gasteiger partial charge in [-0.25, -0.2) is 9.18 Å². The smallest absolute Gasteiger partial charge is 0.319 e. The number of hydrogen-bond acceptors (Lipinski definition) is 2. The molecule has 1 unspecified atom stereocenters. The van der Waals surface area contributed by atoms with E-state index in [1.165, 1.54) is 6.07 Å². The number of amides is 3. The van der Waals surface area contributed by atoms with Crippen LogP contribution in [-0.2, 0) is 22.3 Å². The van der Waals surface area contributed by atoms with Gasteiger partial charge in [0.05, 0.1) is 6.54 Å². The van der Waals surface area contributed by atoms with Gasteiger partial charge in [0.15, 0.2) is 0 Å². The summed E-state index contributed by atoms with van der Waals surface area (Å²) in [5.41, 5.74) is 1.01. The molecule has 4 nitrogen and oxygen atoms in total. The summed E-state index contributed by atoms with van der Waals surface area (Å²) in [6.45, 7) is 7.93. The number of imide groups is 1. The molecule has 0 radical (unpaired) electrons. The first-order valence-corrected chi connectivity index (χ1v) is 8.61. The Morgan fingerprint density at radius 2 is 1.65 bits per heavy atom. The van der Waals surface area contributed by atoms with Crippen LogP contribution in [-0.4, -0.2) is 16.8 Å².